The molecule has 5 heteroatoms. The van der Waals surface area contributed by atoms with Crippen molar-refractivity contribution in [3.63, 3.8) is 0 Å². The van der Waals surface area contributed by atoms with Gasteiger partial charge in [0, 0.05) is 29.2 Å². The van der Waals surface area contributed by atoms with E-state index in [2.05, 4.69) is 22.1 Å². The first-order valence-electron chi connectivity index (χ1n) is 7.78. The first-order chi connectivity index (χ1) is 10.6. The summed E-state index contributed by atoms with van der Waals surface area (Å²) in [7, 11) is 2.10. The summed E-state index contributed by atoms with van der Waals surface area (Å²) in [6, 6.07) is 7.79. The Balaban J connectivity index is 1.69. The molecule has 4 nitrogen and oxygen atoms in total. The fourth-order valence-electron chi connectivity index (χ4n) is 3.31. The van der Waals surface area contributed by atoms with Gasteiger partial charge in [-0.3, -0.25) is 5.10 Å². The zero-order valence-corrected chi connectivity index (χ0v) is 13.6. The fourth-order valence-corrected chi connectivity index (χ4v) is 3.50. The number of aliphatic hydroxyl groups excluding tert-OH is 1. The summed E-state index contributed by atoms with van der Waals surface area (Å²) in [6.45, 7) is 1.73. The van der Waals surface area contributed by atoms with Crippen LogP contribution in [-0.2, 0) is 6.54 Å². The van der Waals surface area contributed by atoms with Crippen LogP contribution in [0.15, 0.2) is 30.5 Å². The molecule has 118 valence electrons. The highest BCUT2D eigenvalue weighted by molar-refractivity contribution is 6.30. The zero-order chi connectivity index (χ0) is 15.5. The minimum absolute atomic E-state index is 0.140. The Bertz CT molecular complexity index is 628. The molecular formula is C17H22ClN3O. The molecule has 22 heavy (non-hydrogen) atoms. The van der Waals surface area contributed by atoms with Crippen molar-refractivity contribution in [2.75, 3.05) is 13.6 Å². The lowest BCUT2D eigenvalue weighted by molar-refractivity contribution is 0.108. The second-order valence-corrected chi connectivity index (χ2v) is 6.67. The third kappa shape index (κ3) is 3.51. The summed E-state index contributed by atoms with van der Waals surface area (Å²) >= 11 is 6.08. The second-order valence-electron chi connectivity index (χ2n) is 6.24. The molecule has 1 fully saturated rings. The van der Waals surface area contributed by atoms with Crippen LogP contribution in [0.5, 0.6) is 0 Å². The van der Waals surface area contributed by atoms with Crippen molar-refractivity contribution >= 4 is 11.6 Å². The molecule has 1 aliphatic carbocycles. The number of aromatic nitrogens is 2. The Hall–Kier alpha value is -1.36. The number of hydrogen-bond donors (Lipinski definition) is 2. The first-order valence-corrected chi connectivity index (χ1v) is 8.16. The molecule has 1 saturated carbocycles. The molecule has 0 aliphatic heterocycles. The van der Waals surface area contributed by atoms with Crippen LogP contribution in [0, 0.1) is 5.92 Å². The van der Waals surface area contributed by atoms with Crippen molar-refractivity contribution in [2.24, 2.45) is 5.92 Å². The monoisotopic (exact) mass is 319 g/mol. The number of nitrogens with one attached hydrogen (secondary N) is 1. The molecule has 0 radical (unpaired) electrons. The number of H-pyrrole nitrogens is 1. The lowest BCUT2D eigenvalue weighted by Crippen LogP contribution is -2.29. The predicted octanol–water partition coefficient (Wildman–Crippen LogP) is 3.32. The van der Waals surface area contributed by atoms with Gasteiger partial charge in [0.2, 0.25) is 0 Å². The second kappa shape index (κ2) is 6.82. The van der Waals surface area contributed by atoms with E-state index in [0.29, 0.717) is 5.92 Å². The van der Waals surface area contributed by atoms with Gasteiger partial charge >= 0.3 is 0 Å². The molecule has 3 rings (SSSR count). The highest BCUT2D eigenvalue weighted by Crippen LogP contribution is 2.28. The molecule has 2 aromatic rings. The molecule has 2 unspecified atom stereocenters. The van der Waals surface area contributed by atoms with Crippen LogP contribution >= 0.6 is 11.6 Å². The fraction of sp³-hybridized carbons (Fsp3) is 0.471. The van der Waals surface area contributed by atoms with Crippen molar-refractivity contribution in [1.29, 1.82) is 0 Å². The lowest BCUT2D eigenvalue weighted by atomic mass is 10.0. The summed E-state index contributed by atoms with van der Waals surface area (Å²) in [5.74, 6) is 0.395. The predicted molar refractivity (Wildman–Crippen MR) is 88.7 cm³/mol. The summed E-state index contributed by atoms with van der Waals surface area (Å²) in [6.07, 6.45) is 4.94. The highest BCUT2D eigenvalue weighted by atomic mass is 35.5. The molecule has 2 N–H and O–H groups in total. The molecule has 1 aromatic heterocycles. The maximum absolute atomic E-state index is 9.97. The van der Waals surface area contributed by atoms with E-state index in [0.717, 1.165) is 54.2 Å². The average molecular weight is 320 g/mol. The van der Waals surface area contributed by atoms with E-state index < -0.39 is 0 Å². The van der Waals surface area contributed by atoms with E-state index >= 15 is 0 Å². The molecule has 1 aliphatic rings. The SMILES string of the molecule is CN(Cc1cn[nH]c1-c1cccc(Cl)c1)CC1CCCC1O. The largest absolute Gasteiger partial charge is 0.393 e. The van der Waals surface area contributed by atoms with Crippen LogP contribution in [-0.4, -0.2) is 39.9 Å². The molecule has 1 heterocycles. The van der Waals surface area contributed by atoms with Crippen LogP contribution in [0.25, 0.3) is 11.3 Å². The van der Waals surface area contributed by atoms with Crippen molar-refractivity contribution in [1.82, 2.24) is 15.1 Å². The van der Waals surface area contributed by atoms with Gasteiger partial charge < -0.3 is 10.0 Å². The molecule has 1 aromatic carbocycles. The number of rotatable bonds is 5. The lowest BCUT2D eigenvalue weighted by Gasteiger charge is -2.23. The summed E-state index contributed by atoms with van der Waals surface area (Å²) in [4.78, 5) is 2.26. The average Bonchev–Trinajstić information content (AvgIpc) is 3.09. The molecule has 0 amide bonds. The van der Waals surface area contributed by atoms with Crippen molar-refractivity contribution in [3.8, 4) is 11.3 Å². The van der Waals surface area contributed by atoms with Gasteiger partial charge in [0.05, 0.1) is 18.0 Å². The van der Waals surface area contributed by atoms with Crippen LogP contribution in [0.2, 0.25) is 5.02 Å². The number of benzene rings is 1. The number of aromatic amines is 1. The van der Waals surface area contributed by atoms with Crippen molar-refractivity contribution in [3.05, 3.63) is 41.0 Å². The number of nitrogens with zero attached hydrogens (tertiary/aromatic N) is 2. The number of halogens is 1. The van der Waals surface area contributed by atoms with E-state index in [-0.39, 0.29) is 6.10 Å². The maximum atomic E-state index is 9.97. The molecule has 0 spiro atoms. The highest BCUT2D eigenvalue weighted by Gasteiger charge is 2.26. The van der Waals surface area contributed by atoms with Gasteiger partial charge in [-0.2, -0.15) is 5.10 Å². The summed E-state index contributed by atoms with van der Waals surface area (Å²) in [5, 5.41) is 17.9. The van der Waals surface area contributed by atoms with E-state index in [4.69, 9.17) is 11.6 Å². The van der Waals surface area contributed by atoms with Crippen LogP contribution in [0.3, 0.4) is 0 Å². The Kier molecular flexibility index (Phi) is 4.81. The van der Waals surface area contributed by atoms with Crippen molar-refractivity contribution in [2.45, 2.75) is 31.9 Å². The summed E-state index contributed by atoms with van der Waals surface area (Å²) < 4.78 is 0. The zero-order valence-electron chi connectivity index (χ0n) is 12.8. The van der Waals surface area contributed by atoms with E-state index in [1.54, 1.807) is 0 Å². The van der Waals surface area contributed by atoms with E-state index in [9.17, 15) is 5.11 Å². The molecular weight excluding hydrogens is 298 g/mol. The Labute approximate surface area is 136 Å². The topological polar surface area (TPSA) is 52.2 Å². The van der Waals surface area contributed by atoms with Gasteiger partial charge in [-0.05, 0) is 37.9 Å². The van der Waals surface area contributed by atoms with Gasteiger partial charge in [0.1, 0.15) is 0 Å². The number of aliphatic hydroxyl groups is 1. The normalized spacial score (nSPS) is 21.6. The van der Waals surface area contributed by atoms with Crippen molar-refractivity contribution < 1.29 is 5.11 Å². The van der Waals surface area contributed by atoms with Crippen LogP contribution in [0.1, 0.15) is 24.8 Å². The Morgan fingerprint density at radius 1 is 1.41 bits per heavy atom. The Morgan fingerprint density at radius 3 is 3.00 bits per heavy atom. The van der Waals surface area contributed by atoms with Gasteiger partial charge in [-0.15, -0.1) is 0 Å². The minimum Gasteiger partial charge on any atom is -0.393 e. The quantitative estimate of drug-likeness (QED) is 0.889. The first kappa shape index (κ1) is 15.5. The molecule has 2 atom stereocenters. The van der Waals surface area contributed by atoms with Crippen LogP contribution < -0.4 is 0 Å². The summed E-state index contributed by atoms with van der Waals surface area (Å²) in [5.41, 5.74) is 3.22. The van der Waals surface area contributed by atoms with Gasteiger partial charge in [-0.25, -0.2) is 0 Å². The third-order valence-electron chi connectivity index (χ3n) is 4.44. The van der Waals surface area contributed by atoms with Gasteiger partial charge in [0.15, 0.2) is 0 Å². The Morgan fingerprint density at radius 2 is 2.27 bits per heavy atom. The molecule has 0 saturated heterocycles. The smallest absolute Gasteiger partial charge is 0.0695 e. The maximum Gasteiger partial charge on any atom is 0.0695 e. The van der Waals surface area contributed by atoms with Gasteiger partial charge in [-0.1, -0.05) is 30.2 Å². The minimum atomic E-state index is -0.140. The number of hydrogen-bond acceptors (Lipinski definition) is 3. The van der Waals surface area contributed by atoms with E-state index in [1.165, 1.54) is 0 Å². The van der Waals surface area contributed by atoms with Crippen LogP contribution in [0.4, 0.5) is 0 Å². The third-order valence-corrected chi connectivity index (χ3v) is 4.67. The molecule has 0 bridgehead atoms. The standard InChI is InChI=1S/C17H22ClN3O/c1-21(10-13-5-3-7-16(13)22)11-14-9-19-20-17(14)12-4-2-6-15(18)8-12/h2,4,6,8-9,13,16,22H,3,5,7,10-11H2,1H3,(H,19,20). The van der Waals surface area contributed by atoms with E-state index in [1.807, 2.05) is 30.5 Å². The van der Waals surface area contributed by atoms with Gasteiger partial charge in [0.25, 0.3) is 0 Å².